The SMILES string of the molecule is Nc1[nH]ncc1C(O)Cc1csc2ccccc12. The van der Waals surface area contributed by atoms with Gasteiger partial charge >= 0.3 is 0 Å². The molecule has 18 heavy (non-hydrogen) atoms. The van der Waals surface area contributed by atoms with Crippen LogP contribution in [-0.4, -0.2) is 15.3 Å². The first-order valence-electron chi connectivity index (χ1n) is 5.67. The summed E-state index contributed by atoms with van der Waals surface area (Å²) in [7, 11) is 0. The van der Waals surface area contributed by atoms with Gasteiger partial charge in [-0.05, 0) is 22.4 Å². The number of benzene rings is 1. The van der Waals surface area contributed by atoms with Gasteiger partial charge < -0.3 is 10.8 Å². The molecule has 0 aliphatic rings. The van der Waals surface area contributed by atoms with E-state index in [1.807, 2.05) is 12.1 Å². The summed E-state index contributed by atoms with van der Waals surface area (Å²) in [5.74, 6) is 0.432. The van der Waals surface area contributed by atoms with Crippen molar-refractivity contribution in [3.8, 4) is 0 Å². The summed E-state index contributed by atoms with van der Waals surface area (Å²) >= 11 is 1.69. The van der Waals surface area contributed by atoms with E-state index in [0.717, 1.165) is 5.56 Å². The highest BCUT2D eigenvalue weighted by molar-refractivity contribution is 7.17. The summed E-state index contributed by atoms with van der Waals surface area (Å²) in [5.41, 5.74) is 7.51. The van der Waals surface area contributed by atoms with Crippen LogP contribution in [0, 0.1) is 0 Å². The maximum Gasteiger partial charge on any atom is 0.124 e. The highest BCUT2D eigenvalue weighted by Crippen LogP contribution is 2.30. The van der Waals surface area contributed by atoms with Crippen molar-refractivity contribution < 1.29 is 5.11 Å². The number of fused-ring (bicyclic) bond motifs is 1. The van der Waals surface area contributed by atoms with Crippen LogP contribution in [0.2, 0.25) is 0 Å². The summed E-state index contributed by atoms with van der Waals surface area (Å²) in [6.07, 6.45) is 1.50. The number of aromatic nitrogens is 2. The van der Waals surface area contributed by atoms with Crippen LogP contribution in [0.1, 0.15) is 17.2 Å². The van der Waals surface area contributed by atoms with Crippen molar-refractivity contribution in [3.63, 3.8) is 0 Å². The zero-order valence-electron chi connectivity index (χ0n) is 9.63. The van der Waals surface area contributed by atoms with Crippen molar-refractivity contribution in [2.45, 2.75) is 12.5 Å². The Kier molecular flexibility index (Phi) is 2.77. The highest BCUT2D eigenvalue weighted by atomic mass is 32.1. The normalized spacial score (nSPS) is 12.9. The minimum absolute atomic E-state index is 0.432. The molecule has 0 aliphatic carbocycles. The first-order valence-corrected chi connectivity index (χ1v) is 6.55. The molecule has 3 rings (SSSR count). The number of aliphatic hydroxyl groups is 1. The molecule has 1 unspecified atom stereocenters. The Bertz CT molecular complexity index is 673. The average Bonchev–Trinajstić information content (AvgIpc) is 2.97. The van der Waals surface area contributed by atoms with Gasteiger partial charge in [-0.3, -0.25) is 5.10 Å². The third-order valence-corrected chi connectivity index (χ3v) is 4.05. The molecular weight excluding hydrogens is 246 g/mol. The molecule has 0 aliphatic heterocycles. The van der Waals surface area contributed by atoms with Crippen LogP contribution in [0.3, 0.4) is 0 Å². The van der Waals surface area contributed by atoms with Gasteiger partial charge in [0.2, 0.25) is 0 Å². The van der Waals surface area contributed by atoms with Crippen molar-refractivity contribution in [2.75, 3.05) is 5.73 Å². The van der Waals surface area contributed by atoms with Crippen molar-refractivity contribution >= 4 is 27.2 Å². The third-order valence-electron chi connectivity index (χ3n) is 3.03. The molecule has 0 saturated heterocycles. The van der Waals surface area contributed by atoms with Gasteiger partial charge in [0, 0.05) is 16.7 Å². The van der Waals surface area contributed by atoms with Crippen LogP contribution in [-0.2, 0) is 6.42 Å². The molecule has 0 saturated carbocycles. The van der Waals surface area contributed by atoms with E-state index in [1.165, 1.54) is 10.1 Å². The molecule has 0 amide bonds. The van der Waals surface area contributed by atoms with Crippen LogP contribution < -0.4 is 5.73 Å². The monoisotopic (exact) mass is 259 g/mol. The molecule has 0 bridgehead atoms. The number of nitrogens with one attached hydrogen (secondary N) is 1. The van der Waals surface area contributed by atoms with Crippen LogP contribution in [0.5, 0.6) is 0 Å². The number of H-pyrrole nitrogens is 1. The summed E-state index contributed by atoms with van der Waals surface area (Å²) < 4.78 is 1.24. The largest absolute Gasteiger partial charge is 0.388 e. The highest BCUT2D eigenvalue weighted by Gasteiger charge is 2.15. The zero-order valence-corrected chi connectivity index (χ0v) is 10.4. The quantitative estimate of drug-likeness (QED) is 0.676. The number of nitrogens with zero attached hydrogens (tertiary/aromatic N) is 1. The number of hydrogen-bond acceptors (Lipinski definition) is 4. The van der Waals surface area contributed by atoms with Crippen LogP contribution in [0.15, 0.2) is 35.8 Å². The molecule has 4 nitrogen and oxygen atoms in total. The lowest BCUT2D eigenvalue weighted by Gasteiger charge is -2.08. The molecule has 1 aromatic carbocycles. The minimum Gasteiger partial charge on any atom is -0.388 e. The lowest BCUT2D eigenvalue weighted by molar-refractivity contribution is 0.180. The van der Waals surface area contributed by atoms with Crippen LogP contribution in [0.4, 0.5) is 5.82 Å². The summed E-state index contributed by atoms with van der Waals surface area (Å²) in [6.45, 7) is 0. The Morgan fingerprint density at radius 3 is 3.00 bits per heavy atom. The Balaban J connectivity index is 1.91. The van der Waals surface area contributed by atoms with E-state index in [0.29, 0.717) is 17.8 Å². The molecule has 2 heterocycles. The first kappa shape index (κ1) is 11.3. The Morgan fingerprint density at radius 2 is 2.22 bits per heavy atom. The van der Waals surface area contributed by atoms with Gasteiger partial charge in [-0.25, -0.2) is 0 Å². The van der Waals surface area contributed by atoms with E-state index >= 15 is 0 Å². The Hall–Kier alpha value is -1.85. The molecule has 3 aromatic rings. The van der Waals surface area contributed by atoms with E-state index in [-0.39, 0.29) is 0 Å². The van der Waals surface area contributed by atoms with Crippen molar-refractivity contribution in [1.29, 1.82) is 0 Å². The smallest absolute Gasteiger partial charge is 0.124 e. The Labute approximate surface area is 108 Å². The topological polar surface area (TPSA) is 74.9 Å². The van der Waals surface area contributed by atoms with Crippen molar-refractivity contribution in [2.24, 2.45) is 0 Å². The lowest BCUT2D eigenvalue weighted by atomic mass is 10.0. The second-order valence-electron chi connectivity index (χ2n) is 4.22. The molecule has 2 aromatic heterocycles. The second kappa shape index (κ2) is 4.44. The number of anilines is 1. The third kappa shape index (κ3) is 1.87. The van der Waals surface area contributed by atoms with Crippen LogP contribution >= 0.6 is 11.3 Å². The van der Waals surface area contributed by atoms with Gasteiger partial charge in [0.15, 0.2) is 0 Å². The van der Waals surface area contributed by atoms with Crippen molar-refractivity contribution in [3.05, 3.63) is 47.0 Å². The van der Waals surface area contributed by atoms with E-state index in [9.17, 15) is 5.11 Å². The molecule has 4 N–H and O–H groups in total. The van der Waals surface area contributed by atoms with E-state index in [2.05, 4.69) is 27.7 Å². The predicted molar refractivity (Wildman–Crippen MR) is 73.5 cm³/mol. The number of aromatic amines is 1. The number of rotatable bonds is 3. The van der Waals surface area contributed by atoms with E-state index in [1.54, 1.807) is 17.5 Å². The molecule has 92 valence electrons. The standard InChI is InChI=1S/C13H13N3OS/c14-13-10(6-15-16-13)11(17)5-8-7-18-12-4-2-1-3-9(8)12/h1-4,6-7,11,17H,5H2,(H3,14,15,16). The first-order chi connectivity index (χ1) is 8.75. The predicted octanol–water partition coefficient (Wildman–Crippen LogP) is 2.48. The van der Waals surface area contributed by atoms with Gasteiger partial charge in [0.1, 0.15) is 5.82 Å². The number of nitrogen functional groups attached to an aromatic ring is 1. The van der Waals surface area contributed by atoms with Crippen LogP contribution in [0.25, 0.3) is 10.1 Å². The van der Waals surface area contributed by atoms with Gasteiger partial charge in [-0.15, -0.1) is 11.3 Å². The molecule has 0 fully saturated rings. The van der Waals surface area contributed by atoms with Gasteiger partial charge in [-0.1, -0.05) is 18.2 Å². The fraction of sp³-hybridized carbons (Fsp3) is 0.154. The summed E-state index contributed by atoms with van der Waals surface area (Å²) in [6, 6.07) is 8.19. The minimum atomic E-state index is -0.623. The summed E-state index contributed by atoms with van der Waals surface area (Å²) in [4.78, 5) is 0. The molecule has 0 radical (unpaired) electrons. The van der Waals surface area contributed by atoms with Gasteiger partial charge in [0.25, 0.3) is 0 Å². The number of hydrogen-bond donors (Lipinski definition) is 3. The summed E-state index contributed by atoms with van der Waals surface area (Å²) in [5, 5.41) is 19.9. The molecule has 1 atom stereocenters. The van der Waals surface area contributed by atoms with Gasteiger partial charge in [-0.2, -0.15) is 5.10 Å². The fourth-order valence-corrected chi connectivity index (χ4v) is 3.06. The van der Waals surface area contributed by atoms with E-state index < -0.39 is 6.10 Å². The lowest BCUT2D eigenvalue weighted by Crippen LogP contribution is -2.03. The number of aliphatic hydroxyl groups excluding tert-OH is 1. The molecule has 0 spiro atoms. The number of nitrogens with two attached hydrogens (primary N) is 1. The molecule has 5 heteroatoms. The molecular formula is C13H13N3OS. The fourth-order valence-electron chi connectivity index (χ4n) is 2.08. The maximum atomic E-state index is 10.2. The average molecular weight is 259 g/mol. The zero-order chi connectivity index (χ0) is 12.5. The second-order valence-corrected chi connectivity index (χ2v) is 5.13. The maximum absolute atomic E-state index is 10.2. The van der Waals surface area contributed by atoms with E-state index in [4.69, 9.17) is 5.73 Å². The Morgan fingerprint density at radius 1 is 1.39 bits per heavy atom. The number of thiophene rings is 1. The van der Waals surface area contributed by atoms with Crippen molar-refractivity contribution in [1.82, 2.24) is 10.2 Å². The van der Waals surface area contributed by atoms with Gasteiger partial charge in [0.05, 0.1) is 12.3 Å².